The molecule has 0 spiro atoms. The van der Waals surface area contributed by atoms with E-state index in [1.807, 2.05) is 0 Å². The first-order valence-electron chi connectivity index (χ1n) is 4.16. The summed E-state index contributed by atoms with van der Waals surface area (Å²) in [5, 5.41) is 0. The molecule has 16 heavy (non-hydrogen) atoms. The maximum atomic E-state index is 11.1. The van der Waals surface area contributed by atoms with Crippen LogP contribution in [0.2, 0.25) is 0 Å². The minimum Gasteiger partial charge on any atom is -0.412 e. The van der Waals surface area contributed by atoms with Crippen LogP contribution in [0, 0.1) is 0 Å². The summed E-state index contributed by atoms with van der Waals surface area (Å²) in [7, 11) is -8.37. The molecule has 0 bridgehead atoms. The summed E-state index contributed by atoms with van der Waals surface area (Å²) in [4.78, 5) is 0. The molecule has 6 nitrogen and oxygen atoms in total. The van der Waals surface area contributed by atoms with E-state index >= 15 is 0 Å². The van der Waals surface area contributed by atoms with Crippen molar-refractivity contribution in [1.82, 2.24) is 0 Å². The molecule has 0 aliphatic carbocycles. The van der Waals surface area contributed by atoms with Crippen molar-refractivity contribution in [2.24, 2.45) is 0 Å². The van der Waals surface area contributed by atoms with Gasteiger partial charge in [-0.3, -0.25) is 4.18 Å². The van der Waals surface area contributed by atoms with Gasteiger partial charge in [0.25, 0.3) is 0 Å². The first kappa shape index (κ1) is 13.1. The maximum Gasteiger partial charge on any atom is 0.202 e. The zero-order valence-electron chi connectivity index (χ0n) is 8.40. The number of benzene rings is 1. The van der Waals surface area contributed by atoms with Gasteiger partial charge in [-0.1, -0.05) is 30.3 Å². The minimum absolute atomic E-state index is 0.248. The third-order valence-electron chi connectivity index (χ3n) is 1.44. The lowest BCUT2D eigenvalue weighted by molar-refractivity contribution is 0.313. The second kappa shape index (κ2) is 4.91. The van der Waals surface area contributed by atoms with Gasteiger partial charge in [0.2, 0.25) is 10.3 Å². The van der Waals surface area contributed by atoms with Crippen molar-refractivity contribution in [2.75, 3.05) is 6.26 Å². The van der Waals surface area contributed by atoms with E-state index in [0.29, 0.717) is 11.8 Å². The van der Waals surface area contributed by atoms with Gasteiger partial charge in [-0.15, -0.1) is 0 Å². The summed E-state index contributed by atoms with van der Waals surface area (Å²) < 4.78 is 50.4. The monoisotopic (exact) mass is 264 g/mol. The molecule has 0 aliphatic rings. The van der Waals surface area contributed by atoms with Gasteiger partial charge < -0.3 is 4.13 Å². The molecule has 90 valence electrons. The molecular weight excluding hydrogens is 254 g/mol. The second-order valence-corrected chi connectivity index (χ2v) is 6.14. The third kappa shape index (κ3) is 5.21. The molecule has 0 radical (unpaired) electrons. The Kier molecular flexibility index (Phi) is 4.03. The van der Waals surface area contributed by atoms with Gasteiger partial charge in [0.05, 0.1) is 16.6 Å². The molecule has 1 rings (SSSR count). The van der Waals surface area contributed by atoms with E-state index in [-0.39, 0.29) is 6.61 Å². The molecular formula is C8H10NO5S2-. The van der Waals surface area contributed by atoms with Crippen molar-refractivity contribution < 1.29 is 21.0 Å². The fraction of sp³-hybridized carbons (Fsp3) is 0.250. The van der Waals surface area contributed by atoms with E-state index in [4.69, 9.17) is 0 Å². The Morgan fingerprint density at radius 2 is 1.69 bits per heavy atom. The summed E-state index contributed by atoms with van der Waals surface area (Å²) in [6.07, 6.45) is 0.677. The quantitative estimate of drug-likeness (QED) is 0.783. The lowest BCUT2D eigenvalue weighted by atomic mass is 10.2. The first-order chi connectivity index (χ1) is 7.29. The number of nitrogens with zero attached hydrogens (tertiary/aromatic N) is 1. The molecule has 0 atom stereocenters. The zero-order chi connectivity index (χ0) is 12.2. The highest BCUT2D eigenvalue weighted by molar-refractivity contribution is 8.09. The molecule has 0 fully saturated rings. The summed E-state index contributed by atoms with van der Waals surface area (Å²) in [5.74, 6) is 0. The fourth-order valence-corrected chi connectivity index (χ4v) is 2.69. The van der Waals surface area contributed by atoms with E-state index in [9.17, 15) is 16.8 Å². The standard InChI is InChI=1S/C8H10NO5S2/c1-15(10,11)9-16(12,13)14-7-8-5-3-2-4-6-8/h2-6H,7H2,1H3/q-1. The Bertz CT molecular complexity index is 535. The average Bonchev–Trinajstić information content (AvgIpc) is 2.13. The van der Waals surface area contributed by atoms with Gasteiger partial charge in [0.1, 0.15) is 0 Å². The molecule has 0 unspecified atom stereocenters. The second-order valence-electron chi connectivity index (χ2n) is 2.98. The van der Waals surface area contributed by atoms with Crippen LogP contribution >= 0.6 is 0 Å². The average molecular weight is 264 g/mol. The van der Waals surface area contributed by atoms with Crippen molar-refractivity contribution in [1.29, 1.82) is 0 Å². The van der Waals surface area contributed by atoms with E-state index in [1.54, 1.807) is 30.3 Å². The lowest BCUT2D eigenvalue weighted by Gasteiger charge is -2.16. The Morgan fingerprint density at radius 3 is 2.19 bits per heavy atom. The smallest absolute Gasteiger partial charge is 0.202 e. The summed E-state index contributed by atoms with van der Waals surface area (Å²) in [6.45, 7) is -0.248. The summed E-state index contributed by atoms with van der Waals surface area (Å²) in [5.41, 5.74) is 0.606. The van der Waals surface area contributed by atoms with Gasteiger partial charge in [0, 0.05) is 6.26 Å². The molecule has 0 aliphatic heterocycles. The van der Waals surface area contributed by atoms with Gasteiger partial charge >= 0.3 is 0 Å². The van der Waals surface area contributed by atoms with Crippen LogP contribution in [0.25, 0.3) is 4.13 Å². The first-order valence-corrected chi connectivity index (χ1v) is 7.37. The highest BCUT2D eigenvalue weighted by atomic mass is 32.3. The fourth-order valence-electron chi connectivity index (χ4n) is 0.904. The van der Waals surface area contributed by atoms with Crippen LogP contribution in [0.4, 0.5) is 0 Å². The van der Waals surface area contributed by atoms with Gasteiger partial charge in [-0.05, 0) is 5.56 Å². The molecule has 0 N–H and O–H groups in total. The Morgan fingerprint density at radius 1 is 1.12 bits per heavy atom. The Hall–Kier alpha value is -0.960. The van der Waals surface area contributed by atoms with Gasteiger partial charge in [0.15, 0.2) is 0 Å². The zero-order valence-corrected chi connectivity index (χ0v) is 10.0. The van der Waals surface area contributed by atoms with E-state index < -0.39 is 20.3 Å². The van der Waals surface area contributed by atoms with E-state index in [0.717, 1.165) is 0 Å². The molecule has 1 aromatic rings. The van der Waals surface area contributed by atoms with Crippen molar-refractivity contribution in [3.8, 4) is 0 Å². The molecule has 0 saturated carbocycles. The molecule has 8 heteroatoms. The normalized spacial score (nSPS) is 12.6. The molecule has 0 aromatic heterocycles. The number of hydrogen-bond donors (Lipinski definition) is 0. The maximum absolute atomic E-state index is 11.1. The van der Waals surface area contributed by atoms with Crippen LogP contribution in [0.15, 0.2) is 30.3 Å². The SMILES string of the molecule is CS(=O)(=O)[N-]S(=O)(=O)OCc1ccccc1. The van der Waals surface area contributed by atoms with Crippen molar-refractivity contribution in [3.63, 3.8) is 0 Å². The van der Waals surface area contributed by atoms with Crippen molar-refractivity contribution in [2.45, 2.75) is 6.61 Å². The largest absolute Gasteiger partial charge is 0.412 e. The molecule has 1 aromatic carbocycles. The van der Waals surface area contributed by atoms with Crippen LogP contribution in [-0.4, -0.2) is 23.1 Å². The molecule has 0 heterocycles. The van der Waals surface area contributed by atoms with Crippen LogP contribution in [-0.2, 0) is 31.1 Å². The minimum atomic E-state index is -4.40. The van der Waals surface area contributed by atoms with Crippen LogP contribution < -0.4 is 0 Å². The van der Waals surface area contributed by atoms with Crippen molar-refractivity contribution in [3.05, 3.63) is 40.0 Å². The Labute approximate surface area is 94.6 Å². The topological polar surface area (TPSA) is 91.6 Å². The number of rotatable bonds is 5. The van der Waals surface area contributed by atoms with Gasteiger partial charge in [-0.2, -0.15) is 0 Å². The van der Waals surface area contributed by atoms with Gasteiger partial charge in [-0.25, -0.2) is 16.8 Å². The number of sulfonamides is 1. The number of hydrogen-bond acceptors (Lipinski definition) is 5. The Balaban J connectivity index is 2.63. The predicted molar refractivity (Wildman–Crippen MR) is 58.4 cm³/mol. The lowest BCUT2D eigenvalue weighted by Crippen LogP contribution is -2.08. The van der Waals surface area contributed by atoms with Crippen molar-refractivity contribution >= 4 is 20.3 Å². The van der Waals surface area contributed by atoms with Crippen LogP contribution in [0.1, 0.15) is 5.56 Å². The molecule has 0 saturated heterocycles. The van der Waals surface area contributed by atoms with Crippen LogP contribution in [0.5, 0.6) is 0 Å². The highest BCUT2D eigenvalue weighted by Crippen LogP contribution is 2.12. The molecule has 0 amide bonds. The summed E-state index contributed by atoms with van der Waals surface area (Å²) >= 11 is 0. The highest BCUT2D eigenvalue weighted by Gasteiger charge is 2.04. The van der Waals surface area contributed by atoms with E-state index in [2.05, 4.69) is 8.31 Å². The predicted octanol–water partition coefficient (Wildman–Crippen LogP) is 0.781. The van der Waals surface area contributed by atoms with Crippen LogP contribution in [0.3, 0.4) is 0 Å². The summed E-state index contributed by atoms with van der Waals surface area (Å²) in [6, 6.07) is 8.48. The van der Waals surface area contributed by atoms with E-state index in [1.165, 1.54) is 0 Å². The third-order valence-corrected chi connectivity index (χ3v) is 3.67.